The van der Waals surface area contributed by atoms with Crippen molar-refractivity contribution >= 4 is 23.0 Å². The van der Waals surface area contributed by atoms with E-state index in [4.69, 9.17) is 5.73 Å². The van der Waals surface area contributed by atoms with Gasteiger partial charge in [-0.1, -0.05) is 6.92 Å². The first kappa shape index (κ1) is 13.3. The molecule has 2 unspecified atom stereocenters. The van der Waals surface area contributed by atoms with Gasteiger partial charge in [-0.05, 0) is 49.8 Å². The molecule has 1 aromatic carbocycles. The van der Waals surface area contributed by atoms with Gasteiger partial charge in [-0.25, -0.2) is 0 Å². The molecule has 1 fully saturated rings. The summed E-state index contributed by atoms with van der Waals surface area (Å²) < 4.78 is 0. The van der Waals surface area contributed by atoms with Crippen LogP contribution in [0.1, 0.15) is 38.7 Å². The van der Waals surface area contributed by atoms with Crippen molar-refractivity contribution in [3.63, 3.8) is 0 Å². The van der Waals surface area contributed by atoms with Gasteiger partial charge in [0.05, 0.1) is 11.4 Å². The Hall–Kier alpha value is -1.71. The molecule has 1 aromatic rings. The Labute approximate surface area is 120 Å². The Morgan fingerprint density at radius 2 is 2.05 bits per heavy atom. The van der Waals surface area contributed by atoms with Crippen LogP contribution in [-0.4, -0.2) is 18.5 Å². The standard InChI is InChI=1S/C16H23N3O/c1-10-3-4-11(2)19(9-10)15-8-14-12(7-13(15)17)5-6-16(20)18-14/h7-8,10-11H,3-6,9,17H2,1-2H3,(H,18,20). The highest BCUT2D eigenvalue weighted by Gasteiger charge is 2.26. The van der Waals surface area contributed by atoms with E-state index in [1.807, 2.05) is 6.07 Å². The summed E-state index contributed by atoms with van der Waals surface area (Å²) >= 11 is 0. The molecule has 0 spiro atoms. The minimum atomic E-state index is 0.105. The summed E-state index contributed by atoms with van der Waals surface area (Å²) in [6.45, 7) is 5.58. The fourth-order valence-electron chi connectivity index (χ4n) is 3.31. The zero-order chi connectivity index (χ0) is 14.3. The van der Waals surface area contributed by atoms with Crippen LogP contribution in [-0.2, 0) is 11.2 Å². The topological polar surface area (TPSA) is 58.4 Å². The van der Waals surface area contributed by atoms with Crippen LogP contribution >= 0.6 is 0 Å². The number of carbonyl (C=O) groups excluding carboxylic acids is 1. The SMILES string of the molecule is CC1CCC(C)N(c2cc3c(cc2N)CCC(=O)N3)C1. The van der Waals surface area contributed by atoms with Crippen molar-refractivity contribution in [2.45, 2.75) is 45.6 Å². The predicted octanol–water partition coefficient (Wildman–Crippen LogP) is 2.78. The lowest BCUT2D eigenvalue weighted by molar-refractivity contribution is -0.116. The van der Waals surface area contributed by atoms with Crippen molar-refractivity contribution in [3.8, 4) is 0 Å². The number of hydrogen-bond acceptors (Lipinski definition) is 3. The van der Waals surface area contributed by atoms with E-state index >= 15 is 0 Å². The van der Waals surface area contributed by atoms with Crippen LogP contribution in [0, 0.1) is 5.92 Å². The second-order valence-corrected chi connectivity index (χ2v) is 6.30. The van der Waals surface area contributed by atoms with E-state index in [9.17, 15) is 4.79 Å². The maximum Gasteiger partial charge on any atom is 0.224 e. The van der Waals surface area contributed by atoms with Crippen molar-refractivity contribution in [2.24, 2.45) is 5.92 Å². The van der Waals surface area contributed by atoms with Gasteiger partial charge in [-0.15, -0.1) is 0 Å². The number of nitrogens with one attached hydrogen (secondary N) is 1. The molecule has 0 radical (unpaired) electrons. The van der Waals surface area contributed by atoms with E-state index in [0.717, 1.165) is 35.6 Å². The summed E-state index contributed by atoms with van der Waals surface area (Å²) in [4.78, 5) is 14.0. The lowest BCUT2D eigenvalue weighted by atomic mass is 9.93. The normalized spacial score (nSPS) is 26.1. The lowest BCUT2D eigenvalue weighted by Gasteiger charge is -2.39. The minimum absolute atomic E-state index is 0.105. The van der Waals surface area contributed by atoms with Crippen molar-refractivity contribution in [1.29, 1.82) is 0 Å². The number of nitrogen functional groups attached to an aromatic ring is 1. The Kier molecular flexibility index (Phi) is 3.32. The van der Waals surface area contributed by atoms with Crippen LogP contribution in [0.2, 0.25) is 0 Å². The first-order valence-electron chi connectivity index (χ1n) is 7.53. The Morgan fingerprint density at radius 3 is 2.85 bits per heavy atom. The third kappa shape index (κ3) is 2.35. The van der Waals surface area contributed by atoms with Crippen LogP contribution in [0.3, 0.4) is 0 Å². The summed E-state index contributed by atoms with van der Waals surface area (Å²) in [5, 5.41) is 2.97. The van der Waals surface area contributed by atoms with E-state index in [1.165, 1.54) is 12.8 Å². The third-order valence-corrected chi connectivity index (χ3v) is 4.58. The molecule has 3 N–H and O–H groups in total. The molecular weight excluding hydrogens is 250 g/mol. The van der Waals surface area contributed by atoms with Gasteiger partial charge in [0.15, 0.2) is 0 Å². The average molecular weight is 273 g/mol. The fourth-order valence-corrected chi connectivity index (χ4v) is 3.31. The lowest BCUT2D eigenvalue weighted by Crippen LogP contribution is -2.41. The van der Waals surface area contributed by atoms with Crippen LogP contribution < -0.4 is 16.0 Å². The number of benzene rings is 1. The maximum absolute atomic E-state index is 11.6. The Bertz CT molecular complexity index is 541. The minimum Gasteiger partial charge on any atom is -0.397 e. The molecular formula is C16H23N3O. The van der Waals surface area contributed by atoms with Gasteiger partial charge in [0, 0.05) is 24.7 Å². The van der Waals surface area contributed by atoms with Crippen LogP contribution in [0.15, 0.2) is 12.1 Å². The number of carbonyl (C=O) groups is 1. The van der Waals surface area contributed by atoms with E-state index in [-0.39, 0.29) is 5.91 Å². The summed E-state index contributed by atoms with van der Waals surface area (Å²) in [5.74, 6) is 0.796. The molecule has 108 valence electrons. The van der Waals surface area contributed by atoms with E-state index in [1.54, 1.807) is 0 Å². The molecule has 4 nitrogen and oxygen atoms in total. The molecule has 2 heterocycles. The molecule has 2 aliphatic rings. The van der Waals surface area contributed by atoms with Gasteiger partial charge >= 0.3 is 0 Å². The number of nitrogens with two attached hydrogens (primary N) is 1. The van der Waals surface area contributed by atoms with Crippen molar-refractivity contribution in [1.82, 2.24) is 0 Å². The summed E-state index contributed by atoms with van der Waals surface area (Å²) in [6, 6.07) is 4.61. The molecule has 2 atom stereocenters. The number of aryl methyl sites for hydroxylation is 1. The van der Waals surface area contributed by atoms with Crippen molar-refractivity contribution in [3.05, 3.63) is 17.7 Å². The van der Waals surface area contributed by atoms with Gasteiger partial charge in [0.2, 0.25) is 5.91 Å². The van der Waals surface area contributed by atoms with Gasteiger partial charge in [0.25, 0.3) is 0 Å². The molecule has 1 amide bonds. The molecule has 0 aromatic heterocycles. The molecule has 1 saturated heterocycles. The number of fused-ring (bicyclic) bond motifs is 1. The highest BCUT2D eigenvalue weighted by atomic mass is 16.1. The van der Waals surface area contributed by atoms with Gasteiger partial charge < -0.3 is 16.0 Å². The van der Waals surface area contributed by atoms with Gasteiger partial charge in [-0.2, -0.15) is 0 Å². The Balaban J connectivity index is 1.96. The van der Waals surface area contributed by atoms with Gasteiger partial charge in [-0.3, -0.25) is 4.79 Å². The number of piperidine rings is 1. The molecule has 4 heteroatoms. The van der Waals surface area contributed by atoms with Gasteiger partial charge in [0.1, 0.15) is 0 Å². The largest absolute Gasteiger partial charge is 0.397 e. The molecule has 0 saturated carbocycles. The van der Waals surface area contributed by atoms with E-state index < -0.39 is 0 Å². The fraction of sp³-hybridized carbons (Fsp3) is 0.562. The van der Waals surface area contributed by atoms with Crippen molar-refractivity contribution < 1.29 is 4.79 Å². The van der Waals surface area contributed by atoms with E-state index in [0.29, 0.717) is 18.4 Å². The zero-order valence-electron chi connectivity index (χ0n) is 12.3. The quantitative estimate of drug-likeness (QED) is 0.774. The van der Waals surface area contributed by atoms with Crippen LogP contribution in [0.25, 0.3) is 0 Å². The maximum atomic E-state index is 11.6. The highest BCUT2D eigenvalue weighted by molar-refractivity contribution is 5.95. The second kappa shape index (κ2) is 5.00. The van der Waals surface area contributed by atoms with Crippen LogP contribution in [0.5, 0.6) is 0 Å². The van der Waals surface area contributed by atoms with Crippen molar-refractivity contribution in [2.75, 3.05) is 22.5 Å². The first-order valence-corrected chi connectivity index (χ1v) is 7.53. The first-order chi connectivity index (χ1) is 9.54. The monoisotopic (exact) mass is 273 g/mol. The average Bonchev–Trinajstić information content (AvgIpc) is 2.41. The number of anilines is 3. The smallest absolute Gasteiger partial charge is 0.224 e. The molecule has 0 bridgehead atoms. The number of hydrogen-bond donors (Lipinski definition) is 2. The number of amides is 1. The zero-order valence-corrected chi connectivity index (χ0v) is 12.3. The third-order valence-electron chi connectivity index (χ3n) is 4.58. The molecule has 2 aliphatic heterocycles. The summed E-state index contributed by atoms with van der Waals surface area (Å²) in [7, 11) is 0. The molecule has 3 rings (SSSR count). The summed E-state index contributed by atoms with van der Waals surface area (Å²) in [6.07, 6.45) is 3.82. The molecule has 0 aliphatic carbocycles. The second-order valence-electron chi connectivity index (χ2n) is 6.30. The predicted molar refractivity (Wildman–Crippen MR) is 83.0 cm³/mol. The number of nitrogens with zero attached hydrogens (tertiary/aromatic N) is 1. The highest BCUT2D eigenvalue weighted by Crippen LogP contribution is 2.36. The summed E-state index contributed by atoms with van der Waals surface area (Å²) in [5.41, 5.74) is 10.3. The Morgan fingerprint density at radius 1 is 1.25 bits per heavy atom. The molecule has 20 heavy (non-hydrogen) atoms. The number of rotatable bonds is 1. The van der Waals surface area contributed by atoms with Crippen LogP contribution in [0.4, 0.5) is 17.1 Å². The van der Waals surface area contributed by atoms with E-state index in [2.05, 4.69) is 30.1 Å².